The van der Waals surface area contributed by atoms with Crippen LogP contribution in [0.4, 0.5) is 5.69 Å². The molecule has 2 aromatic carbocycles. The molecule has 1 aliphatic rings. The number of nitro benzene ring substituents is 1. The Morgan fingerprint density at radius 2 is 1.82 bits per heavy atom. The molecule has 0 fully saturated rings. The highest BCUT2D eigenvalue weighted by Crippen LogP contribution is 2.27. The van der Waals surface area contributed by atoms with Crippen LogP contribution in [0.3, 0.4) is 0 Å². The molecule has 0 radical (unpaired) electrons. The second-order valence-corrected chi connectivity index (χ2v) is 6.21. The van der Waals surface area contributed by atoms with Crippen molar-refractivity contribution in [3.63, 3.8) is 0 Å². The number of aryl methyl sites for hydroxylation is 1. The summed E-state index contributed by atoms with van der Waals surface area (Å²) in [6.07, 6.45) is 1.48. The van der Waals surface area contributed by atoms with Crippen molar-refractivity contribution in [2.24, 2.45) is 4.99 Å². The van der Waals surface area contributed by atoms with Gasteiger partial charge in [0.1, 0.15) is 11.5 Å². The number of hydrogen-bond acceptors (Lipinski definition) is 6. The van der Waals surface area contributed by atoms with Crippen LogP contribution in [-0.2, 0) is 9.53 Å². The van der Waals surface area contributed by atoms with Gasteiger partial charge in [-0.1, -0.05) is 29.8 Å². The van der Waals surface area contributed by atoms with E-state index in [9.17, 15) is 14.9 Å². The quantitative estimate of drug-likeness (QED) is 0.290. The molecule has 28 heavy (non-hydrogen) atoms. The van der Waals surface area contributed by atoms with Crippen LogP contribution < -0.4 is 0 Å². The third-order valence-electron chi connectivity index (χ3n) is 4.17. The molecule has 4 rings (SSSR count). The fraction of sp³-hybridized carbons (Fsp3) is 0.0476. The standard InChI is InChI=1S/C21H14N2O5/c1-13-5-7-14(8-6-13)20-22-18(21(24)28-20)12-17-9-10-19(27-17)15-3-2-4-16(11-15)23(25)26/h2-12H,1H3. The molecule has 2 heterocycles. The lowest BCUT2D eigenvalue weighted by molar-refractivity contribution is -0.384. The summed E-state index contributed by atoms with van der Waals surface area (Å²) in [6.45, 7) is 1.97. The first-order valence-electron chi connectivity index (χ1n) is 8.44. The molecule has 138 valence electrons. The third kappa shape index (κ3) is 3.45. The molecule has 7 heteroatoms. The third-order valence-corrected chi connectivity index (χ3v) is 4.17. The number of carbonyl (C=O) groups excluding carboxylic acids is 1. The zero-order chi connectivity index (χ0) is 19.7. The predicted octanol–water partition coefficient (Wildman–Crippen LogP) is 4.51. The number of nitro groups is 1. The Morgan fingerprint density at radius 1 is 1.04 bits per heavy atom. The fourth-order valence-electron chi connectivity index (χ4n) is 2.72. The van der Waals surface area contributed by atoms with E-state index in [-0.39, 0.29) is 17.3 Å². The van der Waals surface area contributed by atoms with E-state index in [1.165, 1.54) is 18.2 Å². The van der Waals surface area contributed by atoms with Crippen LogP contribution >= 0.6 is 0 Å². The van der Waals surface area contributed by atoms with Gasteiger partial charge in [-0.25, -0.2) is 9.79 Å². The molecule has 0 amide bonds. The molecule has 0 bridgehead atoms. The van der Waals surface area contributed by atoms with Crippen molar-refractivity contribution >= 4 is 23.6 Å². The summed E-state index contributed by atoms with van der Waals surface area (Å²) < 4.78 is 10.9. The number of non-ortho nitro benzene ring substituents is 1. The lowest BCUT2D eigenvalue weighted by Gasteiger charge is -1.99. The van der Waals surface area contributed by atoms with E-state index in [1.807, 2.05) is 31.2 Å². The number of ether oxygens (including phenoxy) is 1. The molecule has 1 aromatic heterocycles. The largest absolute Gasteiger partial charge is 0.457 e. The summed E-state index contributed by atoms with van der Waals surface area (Å²) in [6, 6.07) is 16.9. The van der Waals surface area contributed by atoms with E-state index >= 15 is 0 Å². The van der Waals surface area contributed by atoms with Crippen LogP contribution in [-0.4, -0.2) is 16.8 Å². The van der Waals surface area contributed by atoms with Gasteiger partial charge in [0.25, 0.3) is 5.69 Å². The molecule has 0 N–H and O–H groups in total. The van der Waals surface area contributed by atoms with E-state index in [4.69, 9.17) is 9.15 Å². The van der Waals surface area contributed by atoms with Crippen molar-refractivity contribution in [3.05, 3.63) is 93.4 Å². The summed E-state index contributed by atoms with van der Waals surface area (Å²) >= 11 is 0. The summed E-state index contributed by atoms with van der Waals surface area (Å²) in [5, 5.41) is 10.9. The monoisotopic (exact) mass is 374 g/mol. The summed E-state index contributed by atoms with van der Waals surface area (Å²) in [5.74, 6) is 0.512. The minimum absolute atomic E-state index is 0.0273. The van der Waals surface area contributed by atoms with Crippen LogP contribution in [0, 0.1) is 17.0 Å². The average molecular weight is 374 g/mol. The van der Waals surface area contributed by atoms with Gasteiger partial charge in [0.15, 0.2) is 5.70 Å². The van der Waals surface area contributed by atoms with Gasteiger partial charge in [-0.2, -0.15) is 0 Å². The highest BCUT2D eigenvalue weighted by Gasteiger charge is 2.24. The van der Waals surface area contributed by atoms with E-state index in [0.29, 0.717) is 22.6 Å². The second kappa shape index (κ2) is 6.96. The maximum atomic E-state index is 12.1. The van der Waals surface area contributed by atoms with E-state index < -0.39 is 10.9 Å². The first kappa shape index (κ1) is 17.4. The van der Waals surface area contributed by atoms with E-state index in [0.717, 1.165) is 5.56 Å². The van der Waals surface area contributed by atoms with Gasteiger partial charge in [0, 0.05) is 29.3 Å². The molecule has 0 spiro atoms. The van der Waals surface area contributed by atoms with Crippen molar-refractivity contribution in [2.75, 3.05) is 0 Å². The van der Waals surface area contributed by atoms with Gasteiger partial charge in [-0.3, -0.25) is 10.1 Å². The van der Waals surface area contributed by atoms with Crippen LogP contribution in [0.15, 0.2) is 75.8 Å². The molecule has 0 saturated carbocycles. The highest BCUT2D eigenvalue weighted by molar-refractivity contribution is 6.12. The number of carbonyl (C=O) groups is 1. The van der Waals surface area contributed by atoms with Gasteiger partial charge < -0.3 is 9.15 Å². The molecule has 0 unspecified atom stereocenters. The van der Waals surface area contributed by atoms with Gasteiger partial charge in [0.2, 0.25) is 5.90 Å². The average Bonchev–Trinajstić information content (AvgIpc) is 3.30. The number of esters is 1. The van der Waals surface area contributed by atoms with E-state index in [2.05, 4.69) is 4.99 Å². The lowest BCUT2D eigenvalue weighted by atomic mass is 10.1. The normalized spacial score (nSPS) is 14.8. The smallest absolute Gasteiger partial charge is 0.363 e. The highest BCUT2D eigenvalue weighted by atomic mass is 16.6. The predicted molar refractivity (Wildman–Crippen MR) is 103 cm³/mol. The van der Waals surface area contributed by atoms with Crippen molar-refractivity contribution < 1.29 is 18.9 Å². The van der Waals surface area contributed by atoms with Crippen LogP contribution in [0.1, 0.15) is 16.9 Å². The first-order valence-corrected chi connectivity index (χ1v) is 8.44. The fourth-order valence-corrected chi connectivity index (χ4v) is 2.72. The Morgan fingerprint density at radius 3 is 2.57 bits per heavy atom. The Kier molecular flexibility index (Phi) is 4.33. The van der Waals surface area contributed by atoms with Gasteiger partial charge in [-0.15, -0.1) is 0 Å². The summed E-state index contributed by atoms with van der Waals surface area (Å²) in [5.41, 5.74) is 2.46. The Labute approximate surface area is 159 Å². The minimum atomic E-state index is -0.566. The van der Waals surface area contributed by atoms with Crippen molar-refractivity contribution in [2.45, 2.75) is 6.92 Å². The zero-order valence-corrected chi connectivity index (χ0v) is 14.8. The van der Waals surface area contributed by atoms with Crippen molar-refractivity contribution in [1.82, 2.24) is 0 Å². The first-order chi connectivity index (χ1) is 13.5. The molecule has 7 nitrogen and oxygen atoms in total. The maximum Gasteiger partial charge on any atom is 0.363 e. The summed E-state index contributed by atoms with van der Waals surface area (Å²) in [7, 11) is 0. The van der Waals surface area contributed by atoms with Gasteiger partial charge in [-0.05, 0) is 31.2 Å². The molecule has 0 saturated heterocycles. The molecule has 0 atom stereocenters. The number of cyclic esters (lactones) is 1. The number of hydrogen-bond donors (Lipinski definition) is 0. The molecule has 0 aliphatic carbocycles. The van der Waals surface area contributed by atoms with E-state index in [1.54, 1.807) is 24.3 Å². The molecule has 1 aliphatic heterocycles. The van der Waals surface area contributed by atoms with Crippen LogP contribution in [0.25, 0.3) is 17.4 Å². The summed E-state index contributed by atoms with van der Waals surface area (Å²) in [4.78, 5) is 26.8. The molecular formula is C21H14N2O5. The van der Waals surface area contributed by atoms with Gasteiger partial charge in [0.05, 0.1) is 4.92 Å². The number of rotatable bonds is 4. The van der Waals surface area contributed by atoms with Crippen LogP contribution in [0.5, 0.6) is 0 Å². The lowest BCUT2D eigenvalue weighted by Crippen LogP contribution is -2.05. The zero-order valence-electron chi connectivity index (χ0n) is 14.8. The SMILES string of the molecule is Cc1ccc(C2=NC(=Cc3ccc(-c4cccc([N+](=O)[O-])c4)o3)C(=O)O2)cc1. The number of aliphatic imine (C=N–C) groups is 1. The minimum Gasteiger partial charge on any atom is -0.457 e. The topological polar surface area (TPSA) is 94.9 Å². The number of nitrogens with zero attached hydrogens (tertiary/aromatic N) is 2. The Balaban J connectivity index is 1.61. The number of benzene rings is 2. The number of furan rings is 1. The van der Waals surface area contributed by atoms with Gasteiger partial charge >= 0.3 is 5.97 Å². The van der Waals surface area contributed by atoms with Crippen molar-refractivity contribution in [1.29, 1.82) is 0 Å². The molecular weight excluding hydrogens is 360 g/mol. The van der Waals surface area contributed by atoms with Crippen LogP contribution in [0.2, 0.25) is 0 Å². The molecule has 3 aromatic rings. The maximum absolute atomic E-state index is 12.1. The Hall–Kier alpha value is -4.00. The van der Waals surface area contributed by atoms with Crippen molar-refractivity contribution in [3.8, 4) is 11.3 Å². The second-order valence-electron chi connectivity index (χ2n) is 6.21. The Bertz CT molecular complexity index is 1140.